The molecule has 2 aromatic carbocycles. The van der Waals surface area contributed by atoms with Gasteiger partial charge in [-0.15, -0.1) is 5.10 Å². The Bertz CT molecular complexity index is 1160. The summed E-state index contributed by atoms with van der Waals surface area (Å²) in [5, 5.41) is 10.9. The van der Waals surface area contributed by atoms with Gasteiger partial charge in [-0.05, 0) is 37.5 Å². The minimum atomic E-state index is -0.397. The normalized spacial score (nSPS) is 12.3. The van der Waals surface area contributed by atoms with Gasteiger partial charge < -0.3 is 10.3 Å². The number of hydrogen-bond donors (Lipinski definition) is 2. The number of carbonyl (C=O) groups excluding carboxylic acids is 1. The van der Waals surface area contributed by atoms with Crippen molar-refractivity contribution in [2.24, 2.45) is 0 Å². The molecule has 4 rings (SSSR count). The number of aryl methyl sites for hydroxylation is 1. The Morgan fingerprint density at radius 3 is 2.70 bits per heavy atom. The summed E-state index contributed by atoms with van der Waals surface area (Å²) < 4.78 is 1.41. The van der Waals surface area contributed by atoms with E-state index in [0.717, 1.165) is 12.8 Å². The van der Waals surface area contributed by atoms with Crippen LogP contribution < -0.4 is 10.9 Å². The minimum absolute atomic E-state index is 0.0357. The van der Waals surface area contributed by atoms with Crippen molar-refractivity contribution in [1.82, 2.24) is 25.1 Å². The van der Waals surface area contributed by atoms with Crippen molar-refractivity contribution in [3.63, 3.8) is 0 Å². The molecule has 2 heterocycles. The Hall–Kier alpha value is -3.48. The van der Waals surface area contributed by atoms with E-state index in [9.17, 15) is 9.59 Å². The van der Waals surface area contributed by atoms with Gasteiger partial charge in [0.2, 0.25) is 0 Å². The number of fused-ring (bicyclic) bond motifs is 3. The Balaban J connectivity index is 1.56. The summed E-state index contributed by atoms with van der Waals surface area (Å²) in [4.78, 5) is 27.9. The second-order valence-corrected chi connectivity index (χ2v) is 6.57. The highest BCUT2D eigenvalue weighted by molar-refractivity contribution is 5.99. The van der Waals surface area contributed by atoms with Gasteiger partial charge in [0.15, 0.2) is 11.2 Å². The highest BCUT2D eigenvalue weighted by Gasteiger charge is 2.20. The SMILES string of the molecule is C[C@H](CCc1ccccc1)NC(=O)c1nnn2c1c(=O)[nH]c1ccccc12. The van der Waals surface area contributed by atoms with Gasteiger partial charge in [-0.25, -0.2) is 4.52 Å². The molecule has 136 valence electrons. The average molecular weight is 361 g/mol. The van der Waals surface area contributed by atoms with E-state index in [1.807, 2.05) is 43.3 Å². The quantitative estimate of drug-likeness (QED) is 0.571. The minimum Gasteiger partial charge on any atom is -0.348 e. The summed E-state index contributed by atoms with van der Waals surface area (Å²) in [7, 11) is 0. The first kappa shape index (κ1) is 17.0. The van der Waals surface area contributed by atoms with Crippen LogP contribution in [0, 0.1) is 0 Å². The standard InChI is InChI=1S/C20H19N5O2/c1-13(11-12-14-7-3-2-4-8-14)21-19(26)17-18-20(27)22-15-9-5-6-10-16(15)25(18)24-23-17/h2-10,13H,11-12H2,1H3,(H,21,26)(H,22,27)/t13-/m1/s1. The van der Waals surface area contributed by atoms with Crippen LogP contribution in [0.2, 0.25) is 0 Å². The third kappa shape index (κ3) is 3.31. The Morgan fingerprint density at radius 2 is 1.89 bits per heavy atom. The number of amides is 1. The second-order valence-electron chi connectivity index (χ2n) is 6.57. The number of hydrogen-bond acceptors (Lipinski definition) is 4. The van der Waals surface area contributed by atoms with Crippen LogP contribution in [-0.4, -0.2) is 31.8 Å². The van der Waals surface area contributed by atoms with E-state index in [0.29, 0.717) is 11.0 Å². The molecule has 0 aliphatic heterocycles. The first-order chi connectivity index (χ1) is 13.1. The molecule has 2 N–H and O–H groups in total. The van der Waals surface area contributed by atoms with Crippen LogP contribution in [0.3, 0.4) is 0 Å². The van der Waals surface area contributed by atoms with Gasteiger partial charge in [-0.1, -0.05) is 47.7 Å². The van der Waals surface area contributed by atoms with Gasteiger partial charge in [0, 0.05) is 6.04 Å². The third-order valence-electron chi connectivity index (χ3n) is 4.57. The Morgan fingerprint density at radius 1 is 1.15 bits per heavy atom. The molecule has 0 radical (unpaired) electrons. The highest BCUT2D eigenvalue weighted by atomic mass is 16.2. The fourth-order valence-corrected chi connectivity index (χ4v) is 3.14. The van der Waals surface area contributed by atoms with Crippen molar-refractivity contribution in [2.45, 2.75) is 25.8 Å². The summed E-state index contributed by atoms with van der Waals surface area (Å²) in [6.07, 6.45) is 1.64. The first-order valence-corrected chi connectivity index (χ1v) is 8.84. The fourth-order valence-electron chi connectivity index (χ4n) is 3.14. The summed E-state index contributed by atoms with van der Waals surface area (Å²) >= 11 is 0. The van der Waals surface area contributed by atoms with Gasteiger partial charge in [0.05, 0.1) is 11.0 Å². The van der Waals surface area contributed by atoms with Gasteiger partial charge in [-0.2, -0.15) is 0 Å². The number of nitrogens with one attached hydrogen (secondary N) is 2. The van der Waals surface area contributed by atoms with Crippen LogP contribution in [0.1, 0.15) is 29.4 Å². The molecule has 0 spiro atoms. The third-order valence-corrected chi connectivity index (χ3v) is 4.57. The topological polar surface area (TPSA) is 92.2 Å². The van der Waals surface area contributed by atoms with E-state index < -0.39 is 5.91 Å². The molecule has 1 atom stereocenters. The van der Waals surface area contributed by atoms with Crippen LogP contribution in [0.5, 0.6) is 0 Å². The molecule has 1 amide bonds. The van der Waals surface area contributed by atoms with Crippen molar-refractivity contribution < 1.29 is 4.79 Å². The number of para-hydroxylation sites is 2. The summed E-state index contributed by atoms with van der Waals surface area (Å²) in [6, 6.07) is 17.3. The monoisotopic (exact) mass is 361 g/mol. The number of H-pyrrole nitrogens is 1. The molecule has 2 aromatic heterocycles. The lowest BCUT2D eigenvalue weighted by Gasteiger charge is -2.12. The maximum absolute atomic E-state index is 12.7. The lowest BCUT2D eigenvalue weighted by molar-refractivity contribution is 0.0935. The summed E-state index contributed by atoms with van der Waals surface area (Å²) in [6.45, 7) is 1.94. The molecule has 0 aliphatic carbocycles. The van der Waals surface area contributed by atoms with E-state index >= 15 is 0 Å². The van der Waals surface area contributed by atoms with Crippen LogP contribution in [-0.2, 0) is 6.42 Å². The number of rotatable bonds is 5. The van der Waals surface area contributed by atoms with Crippen molar-refractivity contribution >= 4 is 22.5 Å². The predicted octanol–water partition coefficient (Wildman–Crippen LogP) is 2.32. The van der Waals surface area contributed by atoms with Crippen molar-refractivity contribution in [3.05, 3.63) is 76.2 Å². The number of nitrogens with zero attached hydrogens (tertiary/aromatic N) is 3. The zero-order valence-electron chi connectivity index (χ0n) is 14.8. The predicted molar refractivity (Wildman–Crippen MR) is 103 cm³/mol. The van der Waals surface area contributed by atoms with Crippen LogP contribution in [0.25, 0.3) is 16.6 Å². The molecule has 0 fully saturated rings. The molecule has 4 aromatic rings. The summed E-state index contributed by atoms with van der Waals surface area (Å²) in [5.41, 5.74) is 2.35. The maximum Gasteiger partial charge on any atom is 0.277 e. The van der Waals surface area contributed by atoms with E-state index in [4.69, 9.17) is 0 Å². The largest absolute Gasteiger partial charge is 0.348 e. The molecular formula is C20H19N5O2. The smallest absolute Gasteiger partial charge is 0.277 e. The van der Waals surface area contributed by atoms with E-state index in [1.165, 1.54) is 10.1 Å². The molecule has 0 saturated carbocycles. The number of aromatic amines is 1. The fraction of sp³-hybridized carbons (Fsp3) is 0.200. The number of benzene rings is 2. The van der Waals surface area contributed by atoms with E-state index in [-0.39, 0.29) is 22.8 Å². The molecule has 0 saturated heterocycles. The van der Waals surface area contributed by atoms with Crippen LogP contribution in [0.15, 0.2) is 59.4 Å². The van der Waals surface area contributed by atoms with Crippen molar-refractivity contribution in [3.8, 4) is 0 Å². The van der Waals surface area contributed by atoms with Crippen molar-refractivity contribution in [1.29, 1.82) is 0 Å². The first-order valence-electron chi connectivity index (χ1n) is 8.84. The van der Waals surface area contributed by atoms with Gasteiger partial charge in [0.1, 0.15) is 0 Å². The summed E-state index contributed by atoms with van der Waals surface area (Å²) in [5.74, 6) is -0.397. The van der Waals surface area contributed by atoms with Gasteiger partial charge >= 0.3 is 0 Å². The van der Waals surface area contributed by atoms with Crippen molar-refractivity contribution in [2.75, 3.05) is 0 Å². The lowest BCUT2D eigenvalue weighted by Crippen LogP contribution is -2.33. The number of carbonyl (C=O) groups is 1. The molecule has 0 bridgehead atoms. The highest BCUT2D eigenvalue weighted by Crippen LogP contribution is 2.13. The molecule has 0 unspecified atom stereocenters. The van der Waals surface area contributed by atoms with Gasteiger partial charge in [0.25, 0.3) is 11.5 Å². The van der Waals surface area contributed by atoms with Gasteiger partial charge in [-0.3, -0.25) is 9.59 Å². The molecule has 27 heavy (non-hydrogen) atoms. The average Bonchev–Trinajstić information content (AvgIpc) is 3.14. The van der Waals surface area contributed by atoms with E-state index in [1.54, 1.807) is 6.07 Å². The maximum atomic E-state index is 12.7. The molecular weight excluding hydrogens is 342 g/mol. The van der Waals surface area contributed by atoms with E-state index in [2.05, 4.69) is 32.7 Å². The molecule has 7 heteroatoms. The lowest BCUT2D eigenvalue weighted by atomic mass is 10.1. The Kier molecular flexibility index (Phi) is 4.42. The second kappa shape index (κ2) is 7.03. The Labute approximate surface area is 155 Å². The zero-order valence-corrected chi connectivity index (χ0v) is 14.8. The van der Waals surface area contributed by atoms with Crippen LogP contribution in [0.4, 0.5) is 0 Å². The number of aromatic nitrogens is 4. The molecule has 7 nitrogen and oxygen atoms in total. The van der Waals surface area contributed by atoms with Crippen LogP contribution >= 0.6 is 0 Å². The zero-order chi connectivity index (χ0) is 18.8. The molecule has 0 aliphatic rings.